The number of halogens is 2. The van der Waals surface area contributed by atoms with Crippen LogP contribution in [0.2, 0.25) is 0 Å². The number of aromatic nitrogens is 1. The molecule has 0 saturated carbocycles. The Labute approximate surface area is 108 Å². The summed E-state index contributed by atoms with van der Waals surface area (Å²) < 4.78 is 27.3. The lowest BCUT2D eigenvalue weighted by molar-refractivity contribution is 0.0967. The van der Waals surface area contributed by atoms with Crippen LogP contribution in [0.5, 0.6) is 0 Å². The molecule has 0 aliphatic rings. The molecular formula is C14H11F2NO2. The molecule has 0 radical (unpaired) electrons. The summed E-state index contributed by atoms with van der Waals surface area (Å²) in [6.07, 6.45) is 1.47. The first-order valence-corrected chi connectivity index (χ1v) is 5.63. The quantitative estimate of drug-likeness (QED) is 0.797. The van der Waals surface area contributed by atoms with E-state index >= 15 is 0 Å². The zero-order valence-corrected chi connectivity index (χ0v) is 10.2. The Morgan fingerprint density at radius 3 is 2.58 bits per heavy atom. The first-order chi connectivity index (χ1) is 8.97. The fourth-order valence-corrected chi connectivity index (χ4v) is 1.69. The fourth-order valence-electron chi connectivity index (χ4n) is 1.69. The number of hydrogen-bond acceptors (Lipinski definition) is 2. The number of aryl methyl sites for hydroxylation is 1. The lowest BCUT2D eigenvalue weighted by Gasteiger charge is -2.06. The van der Waals surface area contributed by atoms with Crippen LogP contribution in [0.25, 0.3) is 0 Å². The van der Waals surface area contributed by atoms with E-state index in [0.717, 1.165) is 17.7 Å². The average Bonchev–Trinajstić information content (AvgIpc) is 2.32. The van der Waals surface area contributed by atoms with Crippen molar-refractivity contribution >= 4 is 5.78 Å². The van der Waals surface area contributed by atoms with E-state index in [1.165, 1.54) is 16.8 Å². The molecule has 1 aromatic carbocycles. The van der Waals surface area contributed by atoms with Gasteiger partial charge in [0.2, 0.25) is 0 Å². The van der Waals surface area contributed by atoms with E-state index in [-0.39, 0.29) is 17.7 Å². The van der Waals surface area contributed by atoms with Gasteiger partial charge in [-0.3, -0.25) is 9.59 Å². The summed E-state index contributed by atoms with van der Waals surface area (Å²) in [5.74, 6) is -2.25. The minimum Gasteiger partial charge on any atom is -0.308 e. The Balaban J connectivity index is 2.28. The molecule has 0 N–H and O–H groups in total. The smallest absolute Gasteiger partial charge is 0.251 e. The summed E-state index contributed by atoms with van der Waals surface area (Å²) in [6.45, 7) is 1.48. The predicted octanol–water partition coefficient (Wildman–Crippen LogP) is 2.32. The molecule has 0 fully saturated rings. The number of carbonyl (C=O) groups is 1. The van der Waals surface area contributed by atoms with Crippen molar-refractivity contribution in [2.45, 2.75) is 13.5 Å². The molecule has 98 valence electrons. The summed E-state index contributed by atoms with van der Waals surface area (Å²) in [4.78, 5) is 23.5. The van der Waals surface area contributed by atoms with Gasteiger partial charge in [-0.1, -0.05) is 0 Å². The van der Waals surface area contributed by atoms with Gasteiger partial charge in [0, 0.05) is 18.3 Å². The van der Waals surface area contributed by atoms with Gasteiger partial charge in [0.05, 0.1) is 12.1 Å². The number of hydrogen-bond donors (Lipinski definition) is 0. The summed E-state index contributed by atoms with van der Waals surface area (Å²) in [5, 5.41) is 0. The van der Waals surface area contributed by atoms with Crippen molar-refractivity contribution in [3.8, 4) is 0 Å². The number of rotatable bonds is 3. The van der Waals surface area contributed by atoms with Crippen LogP contribution < -0.4 is 5.56 Å². The van der Waals surface area contributed by atoms with Crippen molar-refractivity contribution in [1.82, 2.24) is 4.57 Å². The first-order valence-electron chi connectivity index (χ1n) is 5.63. The van der Waals surface area contributed by atoms with Gasteiger partial charge < -0.3 is 4.57 Å². The van der Waals surface area contributed by atoms with Gasteiger partial charge in [0.1, 0.15) is 11.6 Å². The third-order valence-corrected chi connectivity index (χ3v) is 2.70. The van der Waals surface area contributed by atoms with Crippen molar-refractivity contribution in [2.24, 2.45) is 0 Å². The van der Waals surface area contributed by atoms with Gasteiger partial charge in [-0.05, 0) is 30.7 Å². The average molecular weight is 263 g/mol. The van der Waals surface area contributed by atoms with E-state index in [1.807, 2.05) is 0 Å². The lowest BCUT2D eigenvalue weighted by atomic mass is 10.1. The number of benzene rings is 1. The summed E-state index contributed by atoms with van der Waals surface area (Å²) in [7, 11) is 0. The normalized spacial score (nSPS) is 10.5. The summed E-state index contributed by atoms with van der Waals surface area (Å²) >= 11 is 0. The van der Waals surface area contributed by atoms with Gasteiger partial charge >= 0.3 is 0 Å². The molecule has 0 atom stereocenters. The van der Waals surface area contributed by atoms with E-state index in [2.05, 4.69) is 0 Å². The molecule has 2 aromatic rings. The van der Waals surface area contributed by atoms with Crippen LogP contribution in [0.4, 0.5) is 8.78 Å². The lowest BCUT2D eigenvalue weighted by Crippen LogP contribution is -2.23. The Kier molecular flexibility index (Phi) is 3.55. The van der Waals surface area contributed by atoms with Gasteiger partial charge in [-0.25, -0.2) is 8.78 Å². The van der Waals surface area contributed by atoms with Crippen LogP contribution >= 0.6 is 0 Å². The van der Waals surface area contributed by atoms with Crippen LogP contribution in [0.15, 0.2) is 41.3 Å². The largest absolute Gasteiger partial charge is 0.308 e. The topological polar surface area (TPSA) is 39.1 Å². The third-order valence-electron chi connectivity index (χ3n) is 2.70. The zero-order valence-electron chi connectivity index (χ0n) is 10.2. The second-order valence-electron chi connectivity index (χ2n) is 4.22. The highest BCUT2D eigenvalue weighted by Gasteiger charge is 2.13. The number of Topliss-reactive ketones (excluding diaryl/α,β-unsaturated/α-hetero) is 1. The van der Waals surface area contributed by atoms with Gasteiger partial charge in [0.25, 0.3) is 5.56 Å². The molecule has 3 nitrogen and oxygen atoms in total. The molecule has 1 aromatic heterocycles. The maximum Gasteiger partial charge on any atom is 0.251 e. The van der Waals surface area contributed by atoms with E-state index in [9.17, 15) is 18.4 Å². The highest BCUT2D eigenvalue weighted by molar-refractivity contribution is 5.96. The van der Waals surface area contributed by atoms with Gasteiger partial charge in [-0.2, -0.15) is 0 Å². The molecule has 0 aliphatic carbocycles. The number of nitrogens with zero attached hydrogens (tertiary/aromatic N) is 1. The number of carbonyl (C=O) groups excluding carboxylic acids is 1. The summed E-state index contributed by atoms with van der Waals surface area (Å²) in [5.41, 5.74) is 0.214. The molecule has 5 heteroatoms. The highest BCUT2D eigenvalue weighted by atomic mass is 19.1. The third kappa shape index (κ3) is 2.93. The molecular weight excluding hydrogens is 252 g/mol. The van der Waals surface area contributed by atoms with Crippen molar-refractivity contribution in [3.05, 3.63) is 69.6 Å². The molecule has 0 spiro atoms. The van der Waals surface area contributed by atoms with Gasteiger partial charge in [0.15, 0.2) is 5.78 Å². The van der Waals surface area contributed by atoms with Crippen LogP contribution in [0, 0.1) is 18.6 Å². The molecule has 0 saturated heterocycles. The van der Waals surface area contributed by atoms with E-state index < -0.39 is 17.4 Å². The Hall–Kier alpha value is -2.30. The summed E-state index contributed by atoms with van der Waals surface area (Å²) in [6, 6.07) is 5.79. The molecule has 0 unspecified atom stereocenters. The molecule has 0 bridgehead atoms. The van der Waals surface area contributed by atoms with Crippen LogP contribution in [0.1, 0.15) is 15.9 Å². The SMILES string of the molecule is Cc1ccn(CC(=O)c2ccc(F)cc2F)c(=O)c1. The van der Waals surface area contributed by atoms with Crippen molar-refractivity contribution < 1.29 is 13.6 Å². The molecule has 0 amide bonds. The van der Waals surface area contributed by atoms with E-state index in [4.69, 9.17) is 0 Å². The van der Waals surface area contributed by atoms with E-state index in [1.54, 1.807) is 13.0 Å². The fraction of sp³-hybridized carbons (Fsp3) is 0.143. The molecule has 1 heterocycles. The minimum atomic E-state index is -0.926. The van der Waals surface area contributed by atoms with Crippen molar-refractivity contribution in [2.75, 3.05) is 0 Å². The Bertz CT molecular complexity index is 692. The predicted molar refractivity (Wildman–Crippen MR) is 66.1 cm³/mol. The highest BCUT2D eigenvalue weighted by Crippen LogP contribution is 2.11. The van der Waals surface area contributed by atoms with Crippen molar-refractivity contribution in [3.63, 3.8) is 0 Å². The standard InChI is InChI=1S/C14H11F2NO2/c1-9-4-5-17(14(19)6-9)8-13(18)11-3-2-10(15)7-12(11)16/h2-7H,8H2,1H3. The van der Waals surface area contributed by atoms with Crippen LogP contribution in [0.3, 0.4) is 0 Å². The molecule has 19 heavy (non-hydrogen) atoms. The van der Waals surface area contributed by atoms with Crippen LogP contribution in [-0.4, -0.2) is 10.4 Å². The van der Waals surface area contributed by atoms with Crippen molar-refractivity contribution in [1.29, 1.82) is 0 Å². The zero-order chi connectivity index (χ0) is 14.0. The monoisotopic (exact) mass is 263 g/mol. The second kappa shape index (κ2) is 5.14. The van der Waals surface area contributed by atoms with Gasteiger partial charge in [-0.15, -0.1) is 0 Å². The molecule has 0 aliphatic heterocycles. The Morgan fingerprint density at radius 1 is 1.21 bits per heavy atom. The van der Waals surface area contributed by atoms with E-state index in [0.29, 0.717) is 6.07 Å². The maximum atomic E-state index is 13.4. The first kappa shape index (κ1) is 13.1. The Morgan fingerprint density at radius 2 is 1.95 bits per heavy atom. The second-order valence-corrected chi connectivity index (χ2v) is 4.22. The number of ketones is 1. The van der Waals surface area contributed by atoms with Crippen LogP contribution in [-0.2, 0) is 6.54 Å². The maximum absolute atomic E-state index is 13.4. The number of pyridine rings is 1. The molecule has 2 rings (SSSR count). The minimum absolute atomic E-state index is 0.228.